The number of fused-ring (bicyclic) bond motifs is 1. The molecule has 0 bridgehead atoms. The fourth-order valence-electron chi connectivity index (χ4n) is 3.80. The van der Waals surface area contributed by atoms with Crippen LogP contribution in [0.5, 0.6) is 5.75 Å². The molecule has 1 saturated heterocycles. The average Bonchev–Trinajstić information content (AvgIpc) is 3.17. The maximum absolute atomic E-state index is 13.9. The van der Waals surface area contributed by atoms with Gasteiger partial charge in [0.15, 0.2) is 11.6 Å². The Morgan fingerprint density at radius 1 is 1.17 bits per heavy atom. The first-order valence-electron chi connectivity index (χ1n) is 10.3. The third-order valence-corrected chi connectivity index (χ3v) is 6.56. The number of carbonyl (C=O) groups excluding carboxylic acids is 1. The van der Waals surface area contributed by atoms with Crippen molar-refractivity contribution in [3.8, 4) is 5.75 Å². The number of aryl methyl sites for hydroxylation is 1. The molecule has 5 nitrogen and oxygen atoms in total. The van der Waals surface area contributed by atoms with Crippen molar-refractivity contribution in [1.82, 2.24) is 14.8 Å². The van der Waals surface area contributed by atoms with Crippen molar-refractivity contribution in [2.24, 2.45) is 0 Å². The number of hydrogen-bond donors (Lipinski definition) is 0. The molecule has 0 atom stereocenters. The molecule has 0 N–H and O–H groups in total. The molecule has 4 rings (SSSR count). The van der Waals surface area contributed by atoms with Crippen LogP contribution >= 0.6 is 11.3 Å². The second kappa shape index (κ2) is 9.53. The van der Waals surface area contributed by atoms with Crippen molar-refractivity contribution in [2.75, 3.05) is 33.3 Å². The minimum atomic E-state index is -0.336. The van der Waals surface area contributed by atoms with E-state index in [-0.39, 0.29) is 17.5 Å². The highest BCUT2D eigenvalue weighted by Crippen LogP contribution is 2.23. The molecule has 1 aromatic heterocycles. The summed E-state index contributed by atoms with van der Waals surface area (Å²) in [6, 6.07) is 13.2. The molecule has 30 heavy (non-hydrogen) atoms. The van der Waals surface area contributed by atoms with E-state index in [4.69, 9.17) is 4.74 Å². The third-order valence-electron chi connectivity index (χ3n) is 5.47. The molecular formula is C23H26FN3O2S. The number of benzene rings is 2. The number of thiazole rings is 1. The number of halogens is 1. The van der Waals surface area contributed by atoms with E-state index in [1.54, 1.807) is 17.4 Å². The molecule has 1 fully saturated rings. The van der Waals surface area contributed by atoms with Gasteiger partial charge >= 0.3 is 0 Å². The van der Waals surface area contributed by atoms with Crippen molar-refractivity contribution in [2.45, 2.75) is 25.8 Å². The SMILES string of the molecule is COc1ccc(CN2CCN(C(=O)CCCc3nc4ccccc4s3)CC2)cc1F. The third kappa shape index (κ3) is 4.96. The summed E-state index contributed by atoms with van der Waals surface area (Å²) in [7, 11) is 1.47. The monoisotopic (exact) mass is 427 g/mol. The van der Waals surface area contributed by atoms with Gasteiger partial charge in [0, 0.05) is 39.1 Å². The Kier molecular flexibility index (Phi) is 6.59. The summed E-state index contributed by atoms with van der Waals surface area (Å²) in [6.07, 6.45) is 2.22. The molecule has 0 saturated carbocycles. The number of methoxy groups -OCH3 is 1. The number of amides is 1. The van der Waals surface area contributed by atoms with Gasteiger partial charge in [0.2, 0.25) is 5.91 Å². The predicted octanol–water partition coefficient (Wildman–Crippen LogP) is 4.11. The summed E-state index contributed by atoms with van der Waals surface area (Å²) >= 11 is 1.71. The van der Waals surface area contributed by atoms with Crippen LogP contribution in [0.4, 0.5) is 4.39 Å². The van der Waals surface area contributed by atoms with Gasteiger partial charge in [-0.25, -0.2) is 9.37 Å². The summed E-state index contributed by atoms with van der Waals surface area (Å²) in [5.41, 5.74) is 1.96. The highest BCUT2D eigenvalue weighted by molar-refractivity contribution is 7.18. The molecule has 1 aliphatic rings. The van der Waals surface area contributed by atoms with Crippen LogP contribution in [0, 0.1) is 5.82 Å². The Morgan fingerprint density at radius 2 is 1.97 bits per heavy atom. The van der Waals surface area contributed by atoms with Crippen molar-refractivity contribution in [1.29, 1.82) is 0 Å². The average molecular weight is 428 g/mol. The van der Waals surface area contributed by atoms with Gasteiger partial charge in [-0.3, -0.25) is 9.69 Å². The summed E-state index contributed by atoms with van der Waals surface area (Å²) in [4.78, 5) is 21.4. The molecule has 2 aromatic carbocycles. The van der Waals surface area contributed by atoms with Crippen LogP contribution in [0.2, 0.25) is 0 Å². The summed E-state index contributed by atoms with van der Waals surface area (Å²) in [5, 5.41) is 1.10. The van der Waals surface area contributed by atoms with Crippen molar-refractivity contribution in [3.05, 3.63) is 58.9 Å². The first kappa shape index (κ1) is 20.8. The minimum Gasteiger partial charge on any atom is -0.494 e. The van der Waals surface area contributed by atoms with Crippen LogP contribution in [0.1, 0.15) is 23.4 Å². The number of hydrogen-bond acceptors (Lipinski definition) is 5. The number of carbonyl (C=O) groups is 1. The van der Waals surface area contributed by atoms with Crippen molar-refractivity contribution in [3.63, 3.8) is 0 Å². The van der Waals surface area contributed by atoms with Gasteiger partial charge in [-0.05, 0) is 42.7 Å². The molecule has 0 aliphatic carbocycles. The summed E-state index contributed by atoms with van der Waals surface area (Å²) in [6.45, 7) is 3.73. The van der Waals surface area contributed by atoms with Gasteiger partial charge in [0.1, 0.15) is 0 Å². The van der Waals surface area contributed by atoms with E-state index >= 15 is 0 Å². The molecule has 158 valence electrons. The van der Waals surface area contributed by atoms with Gasteiger partial charge < -0.3 is 9.64 Å². The second-order valence-corrected chi connectivity index (χ2v) is 8.67. The van der Waals surface area contributed by atoms with Crippen LogP contribution in [0.15, 0.2) is 42.5 Å². The Balaban J connectivity index is 1.20. The Labute approximate surface area is 180 Å². The van der Waals surface area contributed by atoms with E-state index < -0.39 is 0 Å². The number of rotatable bonds is 7. The van der Waals surface area contributed by atoms with Gasteiger partial charge in [0.25, 0.3) is 0 Å². The zero-order chi connectivity index (χ0) is 20.9. The number of para-hydroxylation sites is 1. The lowest BCUT2D eigenvalue weighted by atomic mass is 10.1. The quantitative estimate of drug-likeness (QED) is 0.569. The van der Waals surface area contributed by atoms with Crippen LogP contribution in [0.3, 0.4) is 0 Å². The lowest BCUT2D eigenvalue weighted by molar-refractivity contribution is -0.133. The maximum Gasteiger partial charge on any atom is 0.222 e. The molecular weight excluding hydrogens is 401 g/mol. The van der Waals surface area contributed by atoms with Crippen molar-refractivity contribution >= 4 is 27.5 Å². The predicted molar refractivity (Wildman–Crippen MR) is 117 cm³/mol. The molecule has 0 unspecified atom stereocenters. The van der Waals surface area contributed by atoms with E-state index in [1.807, 2.05) is 29.2 Å². The number of ether oxygens (including phenoxy) is 1. The summed E-state index contributed by atoms with van der Waals surface area (Å²) < 4.78 is 20.0. The lowest BCUT2D eigenvalue weighted by Gasteiger charge is -2.34. The normalized spacial score (nSPS) is 14.9. The standard InChI is InChI=1S/C23H26FN3O2S/c1-29-20-10-9-17(15-18(20)24)16-26-11-13-27(14-12-26)23(28)8-4-7-22-25-19-5-2-3-6-21(19)30-22/h2-3,5-6,9-10,15H,4,7-8,11-14,16H2,1H3. The van der Waals surface area contributed by atoms with Gasteiger partial charge in [0.05, 0.1) is 22.3 Å². The highest BCUT2D eigenvalue weighted by atomic mass is 32.1. The van der Waals surface area contributed by atoms with E-state index in [0.717, 1.165) is 55.1 Å². The Morgan fingerprint density at radius 3 is 2.70 bits per heavy atom. The smallest absolute Gasteiger partial charge is 0.222 e. The van der Waals surface area contributed by atoms with Gasteiger partial charge in [-0.1, -0.05) is 18.2 Å². The van der Waals surface area contributed by atoms with E-state index in [9.17, 15) is 9.18 Å². The molecule has 0 spiro atoms. The number of aromatic nitrogens is 1. The highest BCUT2D eigenvalue weighted by Gasteiger charge is 2.21. The zero-order valence-corrected chi connectivity index (χ0v) is 18.0. The zero-order valence-electron chi connectivity index (χ0n) is 17.1. The van der Waals surface area contributed by atoms with E-state index in [0.29, 0.717) is 13.0 Å². The van der Waals surface area contributed by atoms with Crippen LogP contribution in [-0.2, 0) is 17.8 Å². The van der Waals surface area contributed by atoms with Crippen LogP contribution < -0.4 is 4.74 Å². The molecule has 0 radical (unpaired) electrons. The second-order valence-electron chi connectivity index (χ2n) is 7.55. The molecule has 2 heterocycles. The molecule has 7 heteroatoms. The molecule has 1 aliphatic heterocycles. The van der Waals surface area contributed by atoms with Gasteiger partial charge in [-0.2, -0.15) is 0 Å². The largest absolute Gasteiger partial charge is 0.494 e. The lowest BCUT2D eigenvalue weighted by Crippen LogP contribution is -2.48. The topological polar surface area (TPSA) is 45.7 Å². The van der Waals surface area contributed by atoms with Crippen LogP contribution in [0.25, 0.3) is 10.2 Å². The number of nitrogens with zero attached hydrogens (tertiary/aromatic N) is 3. The van der Waals surface area contributed by atoms with E-state index in [2.05, 4.69) is 16.0 Å². The fraction of sp³-hybridized carbons (Fsp3) is 0.391. The Bertz CT molecular complexity index is 982. The minimum absolute atomic E-state index is 0.214. The number of piperazine rings is 1. The van der Waals surface area contributed by atoms with E-state index in [1.165, 1.54) is 17.9 Å². The first-order valence-corrected chi connectivity index (χ1v) is 11.1. The fourth-order valence-corrected chi connectivity index (χ4v) is 4.81. The molecule has 1 amide bonds. The van der Waals surface area contributed by atoms with Gasteiger partial charge in [-0.15, -0.1) is 11.3 Å². The first-order chi connectivity index (χ1) is 14.6. The maximum atomic E-state index is 13.9. The van der Waals surface area contributed by atoms with Crippen LogP contribution in [-0.4, -0.2) is 54.0 Å². The summed E-state index contributed by atoms with van der Waals surface area (Å²) in [5.74, 6) is 0.142. The molecule has 3 aromatic rings. The Hall–Kier alpha value is -2.51. The van der Waals surface area contributed by atoms with Crippen molar-refractivity contribution < 1.29 is 13.9 Å².